The van der Waals surface area contributed by atoms with Gasteiger partial charge >= 0.3 is 12.0 Å². The Morgan fingerprint density at radius 3 is 2.52 bits per heavy atom. The Morgan fingerprint density at radius 2 is 2.10 bits per heavy atom. The molecular formula is C15H28N2O4. The van der Waals surface area contributed by atoms with E-state index in [1.807, 2.05) is 20.8 Å². The minimum Gasteiger partial charge on any atom is -0.481 e. The molecule has 2 atom stereocenters. The molecule has 1 saturated heterocycles. The second kappa shape index (κ2) is 7.64. The van der Waals surface area contributed by atoms with Crippen LogP contribution in [0, 0.1) is 5.41 Å². The SMILES string of the molecule is CCC(C)N(CCOC)C(=O)N1CCC(CC)(C(=O)O)C1. The van der Waals surface area contributed by atoms with Gasteiger partial charge in [-0.05, 0) is 26.2 Å². The molecular weight excluding hydrogens is 272 g/mol. The van der Waals surface area contributed by atoms with Gasteiger partial charge in [-0.15, -0.1) is 0 Å². The third-order valence-corrected chi connectivity index (χ3v) is 4.66. The van der Waals surface area contributed by atoms with Crippen molar-refractivity contribution in [2.75, 3.05) is 33.4 Å². The normalized spacial score (nSPS) is 23.1. The van der Waals surface area contributed by atoms with Gasteiger partial charge in [0.05, 0.1) is 12.0 Å². The molecule has 6 heteroatoms. The fourth-order valence-electron chi connectivity index (χ4n) is 2.75. The topological polar surface area (TPSA) is 70.1 Å². The molecule has 0 aromatic rings. The molecule has 0 radical (unpaired) electrons. The van der Waals surface area contributed by atoms with Crippen molar-refractivity contribution in [1.82, 2.24) is 9.80 Å². The Kier molecular flexibility index (Phi) is 6.45. The molecule has 0 bridgehead atoms. The van der Waals surface area contributed by atoms with E-state index in [1.54, 1.807) is 16.9 Å². The minimum absolute atomic E-state index is 0.0713. The van der Waals surface area contributed by atoms with Gasteiger partial charge in [0, 0.05) is 32.8 Å². The van der Waals surface area contributed by atoms with Crippen molar-refractivity contribution in [3.63, 3.8) is 0 Å². The van der Waals surface area contributed by atoms with E-state index in [4.69, 9.17) is 4.74 Å². The van der Waals surface area contributed by atoms with Gasteiger partial charge in [-0.25, -0.2) is 4.79 Å². The molecule has 1 rings (SSSR count). The Morgan fingerprint density at radius 1 is 1.43 bits per heavy atom. The number of ether oxygens (including phenoxy) is 1. The number of aliphatic carboxylic acids is 1. The number of nitrogens with zero attached hydrogens (tertiary/aromatic N) is 2. The van der Waals surface area contributed by atoms with Crippen LogP contribution >= 0.6 is 0 Å². The average Bonchev–Trinajstić information content (AvgIpc) is 2.92. The number of carboxylic acid groups (broad SMARTS) is 1. The monoisotopic (exact) mass is 300 g/mol. The number of likely N-dealkylation sites (tertiary alicyclic amines) is 1. The summed E-state index contributed by atoms with van der Waals surface area (Å²) in [7, 11) is 1.61. The number of methoxy groups -OCH3 is 1. The third-order valence-electron chi connectivity index (χ3n) is 4.66. The predicted molar refractivity (Wildman–Crippen MR) is 80.3 cm³/mol. The lowest BCUT2D eigenvalue weighted by atomic mass is 9.84. The lowest BCUT2D eigenvalue weighted by Gasteiger charge is -2.33. The van der Waals surface area contributed by atoms with E-state index >= 15 is 0 Å². The van der Waals surface area contributed by atoms with Crippen LogP contribution < -0.4 is 0 Å². The summed E-state index contributed by atoms with van der Waals surface area (Å²) in [4.78, 5) is 27.6. The van der Waals surface area contributed by atoms with Gasteiger partial charge in [0.15, 0.2) is 0 Å². The van der Waals surface area contributed by atoms with Crippen molar-refractivity contribution in [3.05, 3.63) is 0 Å². The van der Waals surface area contributed by atoms with Gasteiger partial charge in [0.1, 0.15) is 0 Å². The first-order valence-corrected chi connectivity index (χ1v) is 7.69. The second-order valence-electron chi connectivity index (χ2n) is 5.84. The zero-order valence-corrected chi connectivity index (χ0v) is 13.6. The van der Waals surface area contributed by atoms with E-state index in [0.717, 1.165) is 6.42 Å². The number of hydrogen-bond acceptors (Lipinski definition) is 3. The first-order chi connectivity index (χ1) is 9.91. The fraction of sp³-hybridized carbons (Fsp3) is 0.867. The summed E-state index contributed by atoms with van der Waals surface area (Å²) in [5.41, 5.74) is -0.780. The van der Waals surface area contributed by atoms with Gasteiger partial charge < -0.3 is 19.6 Å². The summed E-state index contributed by atoms with van der Waals surface area (Å²) in [6, 6.07) is 0.0482. The van der Waals surface area contributed by atoms with Gasteiger partial charge in [0.2, 0.25) is 0 Å². The maximum Gasteiger partial charge on any atom is 0.320 e. The summed E-state index contributed by atoms with van der Waals surface area (Å²) in [6.07, 6.45) is 1.94. The molecule has 0 aromatic heterocycles. The van der Waals surface area contributed by atoms with Gasteiger partial charge in [-0.1, -0.05) is 13.8 Å². The van der Waals surface area contributed by atoms with Crippen molar-refractivity contribution in [3.8, 4) is 0 Å². The lowest BCUT2D eigenvalue weighted by Crippen LogP contribution is -2.48. The van der Waals surface area contributed by atoms with Crippen molar-refractivity contribution in [1.29, 1.82) is 0 Å². The molecule has 0 aromatic carbocycles. The number of carbonyl (C=O) groups excluding carboxylic acids is 1. The fourth-order valence-corrected chi connectivity index (χ4v) is 2.75. The van der Waals surface area contributed by atoms with Crippen LogP contribution in [0.4, 0.5) is 4.79 Å². The highest BCUT2D eigenvalue weighted by molar-refractivity contribution is 5.80. The van der Waals surface area contributed by atoms with Crippen LogP contribution in [0.1, 0.15) is 40.0 Å². The first-order valence-electron chi connectivity index (χ1n) is 7.69. The standard InChI is InChI=1S/C15H28N2O4/c1-5-12(3)17(9-10-21-4)14(20)16-8-7-15(6-2,11-16)13(18)19/h12H,5-11H2,1-4H3,(H,18,19). The Bertz CT molecular complexity index is 375. The Hall–Kier alpha value is -1.30. The van der Waals surface area contributed by atoms with Crippen molar-refractivity contribution >= 4 is 12.0 Å². The van der Waals surface area contributed by atoms with E-state index in [-0.39, 0.29) is 12.1 Å². The molecule has 0 saturated carbocycles. The van der Waals surface area contributed by atoms with Crippen molar-refractivity contribution in [2.45, 2.75) is 46.1 Å². The van der Waals surface area contributed by atoms with Crippen LogP contribution in [0.25, 0.3) is 0 Å². The zero-order valence-electron chi connectivity index (χ0n) is 13.6. The van der Waals surface area contributed by atoms with Crippen molar-refractivity contribution in [2.24, 2.45) is 5.41 Å². The van der Waals surface area contributed by atoms with Crippen LogP contribution in [0.2, 0.25) is 0 Å². The number of hydrogen-bond donors (Lipinski definition) is 1. The summed E-state index contributed by atoms with van der Waals surface area (Å²) in [5.74, 6) is -0.799. The lowest BCUT2D eigenvalue weighted by molar-refractivity contribution is -0.148. The van der Waals surface area contributed by atoms with Crippen LogP contribution in [0.15, 0.2) is 0 Å². The van der Waals surface area contributed by atoms with E-state index in [9.17, 15) is 14.7 Å². The number of carbonyl (C=O) groups is 2. The Balaban J connectivity index is 2.79. The van der Waals surface area contributed by atoms with Gasteiger partial charge in [-0.3, -0.25) is 4.79 Å². The van der Waals surface area contributed by atoms with Crippen LogP contribution in [0.3, 0.4) is 0 Å². The maximum absolute atomic E-state index is 12.7. The van der Waals surface area contributed by atoms with Crippen molar-refractivity contribution < 1.29 is 19.4 Å². The van der Waals surface area contributed by atoms with E-state index in [2.05, 4.69) is 0 Å². The highest BCUT2D eigenvalue weighted by Crippen LogP contribution is 2.34. The molecule has 2 amide bonds. The second-order valence-corrected chi connectivity index (χ2v) is 5.84. The van der Waals surface area contributed by atoms with Gasteiger partial charge in [0.25, 0.3) is 0 Å². The quantitative estimate of drug-likeness (QED) is 0.781. The molecule has 1 fully saturated rings. The molecule has 0 spiro atoms. The Labute approximate surface area is 127 Å². The molecule has 1 aliphatic heterocycles. The molecule has 21 heavy (non-hydrogen) atoms. The largest absolute Gasteiger partial charge is 0.481 e. The highest BCUT2D eigenvalue weighted by atomic mass is 16.5. The molecule has 1 N–H and O–H groups in total. The molecule has 1 aliphatic rings. The summed E-state index contributed by atoms with van der Waals surface area (Å²) >= 11 is 0. The summed E-state index contributed by atoms with van der Waals surface area (Å²) in [6.45, 7) is 7.76. The number of urea groups is 1. The van der Waals surface area contributed by atoms with Crippen LogP contribution in [-0.4, -0.2) is 66.3 Å². The first kappa shape index (κ1) is 17.8. The zero-order chi connectivity index (χ0) is 16.0. The van der Waals surface area contributed by atoms with E-state index < -0.39 is 11.4 Å². The highest BCUT2D eigenvalue weighted by Gasteiger charge is 2.45. The third kappa shape index (κ3) is 3.87. The number of rotatable bonds is 7. The maximum atomic E-state index is 12.7. The minimum atomic E-state index is -0.799. The molecule has 6 nitrogen and oxygen atoms in total. The summed E-state index contributed by atoms with van der Waals surface area (Å²) < 4.78 is 5.07. The van der Waals surface area contributed by atoms with E-state index in [0.29, 0.717) is 39.1 Å². The predicted octanol–water partition coefficient (Wildman–Crippen LogP) is 2.04. The van der Waals surface area contributed by atoms with Crippen LogP contribution in [-0.2, 0) is 9.53 Å². The molecule has 0 aliphatic carbocycles. The van der Waals surface area contributed by atoms with Crippen LogP contribution in [0.5, 0.6) is 0 Å². The number of carboxylic acids is 1. The molecule has 122 valence electrons. The molecule has 2 unspecified atom stereocenters. The smallest absolute Gasteiger partial charge is 0.320 e. The van der Waals surface area contributed by atoms with E-state index in [1.165, 1.54) is 0 Å². The average molecular weight is 300 g/mol. The number of amides is 2. The summed E-state index contributed by atoms with van der Waals surface area (Å²) in [5, 5.41) is 9.43. The van der Waals surface area contributed by atoms with Gasteiger partial charge in [-0.2, -0.15) is 0 Å². The molecule has 1 heterocycles.